The molecule has 1 N–H and O–H groups in total. The summed E-state index contributed by atoms with van der Waals surface area (Å²) in [4.78, 5) is 4.98. The number of imidazole rings is 1. The quantitative estimate of drug-likeness (QED) is 0.265. The Hall–Kier alpha value is -4.70. The summed E-state index contributed by atoms with van der Waals surface area (Å²) in [6.07, 6.45) is 3.48. The van der Waals surface area contributed by atoms with E-state index in [1.165, 1.54) is 0 Å². The normalized spacial score (nSPS) is 11.1. The Morgan fingerprint density at radius 1 is 0.676 bits per heavy atom. The van der Waals surface area contributed by atoms with Crippen molar-refractivity contribution in [3.63, 3.8) is 0 Å². The number of phenols is 1. The fourth-order valence-electron chi connectivity index (χ4n) is 4.27. The van der Waals surface area contributed by atoms with Crippen LogP contribution in [0.4, 0.5) is 0 Å². The van der Waals surface area contributed by atoms with E-state index in [0.29, 0.717) is 0 Å². The number of nitrogens with zero attached hydrogens (tertiary/aromatic N) is 3. The van der Waals surface area contributed by atoms with E-state index in [1.54, 1.807) is 6.07 Å². The van der Waals surface area contributed by atoms with Gasteiger partial charge in [-0.25, -0.2) is 4.98 Å². The summed E-state index contributed by atoms with van der Waals surface area (Å²) in [5.41, 5.74) is 6.71. The maximum atomic E-state index is 10.3. The zero-order valence-corrected chi connectivity index (χ0v) is 18.3. The molecule has 0 aliphatic heterocycles. The van der Waals surface area contributed by atoms with Gasteiger partial charge >= 0.3 is 0 Å². The first kappa shape index (κ1) is 19.9. The molecule has 0 saturated carbocycles. The molecule has 0 unspecified atom stereocenters. The lowest BCUT2D eigenvalue weighted by Crippen LogP contribution is -2.29. The van der Waals surface area contributed by atoms with Crippen molar-refractivity contribution in [1.29, 1.82) is 0 Å². The number of hydrogen-bond donors (Lipinski definition) is 1. The molecular formula is C30H21N3O. The number of phenolic OH excluding ortho intramolecular Hbond substituents is 1. The van der Waals surface area contributed by atoms with Crippen molar-refractivity contribution in [3.8, 4) is 39.6 Å². The minimum atomic E-state index is 0.264. The van der Waals surface area contributed by atoms with Gasteiger partial charge in [0.15, 0.2) is 5.82 Å². The predicted octanol–water partition coefficient (Wildman–Crippen LogP) is 6.14. The van der Waals surface area contributed by atoms with E-state index in [4.69, 9.17) is 4.98 Å². The molecule has 0 saturated heterocycles. The van der Waals surface area contributed by atoms with Crippen molar-refractivity contribution in [2.75, 3.05) is 0 Å². The van der Waals surface area contributed by atoms with Gasteiger partial charge in [0.1, 0.15) is 5.75 Å². The Labute approximate surface area is 197 Å². The van der Waals surface area contributed by atoms with Gasteiger partial charge in [-0.2, -0.15) is 0 Å². The molecule has 34 heavy (non-hydrogen) atoms. The first-order valence-corrected chi connectivity index (χ1v) is 11.1. The van der Waals surface area contributed by atoms with Gasteiger partial charge in [0, 0.05) is 11.1 Å². The van der Waals surface area contributed by atoms with Gasteiger partial charge in [-0.1, -0.05) is 84.9 Å². The van der Waals surface area contributed by atoms with Crippen LogP contribution >= 0.6 is 0 Å². The number of fused-ring (bicyclic) bond motifs is 1. The number of hydrogen-bond acceptors (Lipinski definition) is 2. The monoisotopic (exact) mass is 439 g/mol. The van der Waals surface area contributed by atoms with Crippen LogP contribution in [0.25, 0.3) is 44.9 Å². The van der Waals surface area contributed by atoms with Gasteiger partial charge in [0.2, 0.25) is 0 Å². The van der Waals surface area contributed by atoms with Crippen molar-refractivity contribution in [1.82, 2.24) is 9.55 Å². The van der Waals surface area contributed by atoms with E-state index >= 15 is 0 Å². The molecule has 6 rings (SSSR count). The molecule has 0 aliphatic carbocycles. The second-order valence-electron chi connectivity index (χ2n) is 8.07. The Morgan fingerprint density at radius 3 is 2.29 bits per heavy atom. The molecular weight excluding hydrogens is 418 g/mol. The number of benzene rings is 4. The molecule has 4 nitrogen and oxygen atoms in total. The molecule has 0 bridgehead atoms. The van der Waals surface area contributed by atoms with Gasteiger partial charge in [-0.05, 0) is 42.0 Å². The van der Waals surface area contributed by atoms with Crippen LogP contribution in [0.15, 0.2) is 121 Å². The topological polar surface area (TPSA) is 41.9 Å². The van der Waals surface area contributed by atoms with Crippen LogP contribution < -0.4 is 4.57 Å². The van der Waals surface area contributed by atoms with Gasteiger partial charge in [0.05, 0.1) is 22.4 Å². The van der Waals surface area contributed by atoms with E-state index in [-0.39, 0.29) is 5.75 Å². The largest absolute Gasteiger partial charge is 0.507 e. The van der Waals surface area contributed by atoms with Gasteiger partial charge in [-0.3, -0.25) is 9.13 Å². The van der Waals surface area contributed by atoms with Crippen LogP contribution in [0.2, 0.25) is 0 Å². The minimum Gasteiger partial charge on any atom is -0.507 e. The highest BCUT2D eigenvalue weighted by atomic mass is 16.3. The summed E-state index contributed by atoms with van der Waals surface area (Å²) in [5.74, 6) is 1.05. The van der Waals surface area contributed by atoms with Crippen LogP contribution in [0.3, 0.4) is 0 Å². The second-order valence-corrected chi connectivity index (χ2v) is 8.07. The van der Waals surface area contributed by atoms with Crippen molar-refractivity contribution in [3.05, 3.63) is 128 Å². The van der Waals surface area contributed by atoms with Crippen LogP contribution in [0.5, 0.6) is 5.75 Å². The lowest BCUT2D eigenvalue weighted by atomic mass is 10.0. The van der Waals surface area contributed by atoms with Crippen molar-refractivity contribution in [2.45, 2.75) is 0 Å². The minimum absolute atomic E-state index is 0.264. The Bertz CT molecular complexity index is 1620. The second kappa shape index (κ2) is 8.34. The first-order valence-electron chi connectivity index (χ1n) is 11.1. The lowest BCUT2D eigenvalue weighted by molar-refractivity contribution is -0.572. The summed E-state index contributed by atoms with van der Waals surface area (Å²) < 4.78 is 4.06. The molecule has 0 aliphatic rings. The Kier molecular flexibility index (Phi) is 4.89. The molecule has 0 fully saturated rings. The third kappa shape index (κ3) is 3.51. The zero-order chi connectivity index (χ0) is 22.9. The van der Waals surface area contributed by atoms with Crippen LogP contribution in [0.1, 0.15) is 0 Å². The molecule has 0 amide bonds. The van der Waals surface area contributed by atoms with Crippen LogP contribution in [-0.4, -0.2) is 14.7 Å². The number of aromatic hydroxyl groups is 1. The highest BCUT2D eigenvalue weighted by Crippen LogP contribution is 2.31. The van der Waals surface area contributed by atoms with Crippen LogP contribution in [0, 0.1) is 6.33 Å². The number of rotatable bonds is 4. The molecule has 6 aromatic rings. The smallest absolute Gasteiger partial charge is 0.271 e. The maximum Gasteiger partial charge on any atom is 0.271 e. The molecule has 0 atom stereocenters. The first-order chi connectivity index (χ1) is 16.8. The van der Waals surface area contributed by atoms with Crippen LogP contribution in [-0.2, 0) is 0 Å². The summed E-state index contributed by atoms with van der Waals surface area (Å²) in [5, 5.41) is 10.3. The van der Waals surface area contributed by atoms with E-state index in [0.717, 1.165) is 44.9 Å². The Morgan fingerprint density at radius 2 is 1.41 bits per heavy atom. The number of pyridine rings is 1. The summed E-state index contributed by atoms with van der Waals surface area (Å²) in [6, 6.07) is 39.9. The highest BCUT2D eigenvalue weighted by Gasteiger charge is 2.13. The van der Waals surface area contributed by atoms with Gasteiger partial charge in [0.25, 0.3) is 6.33 Å². The third-order valence-corrected chi connectivity index (χ3v) is 5.91. The van der Waals surface area contributed by atoms with Crippen molar-refractivity contribution in [2.24, 2.45) is 0 Å². The zero-order valence-electron chi connectivity index (χ0n) is 18.3. The average Bonchev–Trinajstić information content (AvgIpc) is 3.30. The lowest BCUT2D eigenvalue weighted by Gasteiger charge is -2.09. The van der Waals surface area contributed by atoms with Crippen molar-refractivity contribution < 1.29 is 9.67 Å². The maximum absolute atomic E-state index is 10.3. The summed E-state index contributed by atoms with van der Waals surface area (Å²) >= 11 is 0. The predicted molar refractivity (Wildman–Crippen MR) is 134 cm³/mol. The van der Waals surface area contributed by atoms with E-state index in [9.17, 15) is 5.11 Å². The summed E-state index contributed by atoms with van der Waals surface area (Å²) in [7, 11) is 0. The van der Waals surface area contributed by atoms with Gasteiger partial charge in [-0.15, -0.1) is 0 Å². The fraction of sp³-hybridized carbons (Fsp3) is 0. The van der Waals surface area contributed by atoms with Gasteiger partial charge < -0.3 is 5.11 Å². The molecule has 2 aromatic heterocycles. The average molecular weight is 440 g/mol. The fourth-order valence-corrected chi connectivity index (χ4v) is 4.27. The van der Waals surface area contributed by atoms with E-state index in [1.807, 2.05) is 89.5 Å². The number of aromatic nitrogens is 3. The third-order valence-electron chi connectivity index (χ3n) is 5.91. The molecule has 162 valence electrons. The molecule has 2 heterocycles. The highest BCUT2D eigenvalue weighted by molar-refractivity contribution is 5.76. The Balaban J connectivity index is 1.46. The van der Waals surface area contributed by atoms with Crippen molar-refractivity contribution >= 4 is 11.0 Å². The molecule has 4 aromatic carbocycles. The molecule has 0 radical (unpaired) electrons. The molecule has 0 spiro atoms. The number of para-hydroxylation sites is 4. The SMILES string of the molecule is Oc1ccccc1-c1cccc(-c2cccc(-n3[c-][n+](-c4ccccc4)c4ccccc43)n2)c1. The molecule has 4 heteroatoms. The summed E-state index contributed by atoms with van der Waals surface area (Å²) in [6.45, 7) is 0. The van der Waals surface area contributed by atoms with E-state index in [2.05, 4.69) is 41.2 Å². The standard InChI is InChI=1S/C30H21N3O/c34-29-18-7-4-14-25(29)22-10-8-11-23(20-22)26-15-9-19-30(31-26)33-21-32(24-12-2-1-3-13-24)27-16-5-6-17-28(27)33/h1-20,34H. The van der Waals surface area contributed by atoms with E-state index < -0.39 is 0 Å².